The van der Waals surface area contributed by atoms with E-state index in [9.17, 15) is 4.39 Å². The van der Waals surface area contributed by atoms with Gasteiger partial charge in [-0.15, -0.1) is 0 Å². The summed E-state index contributed by atoms with van der Waals surface area (Å²) in [4.78, 5) is 8.36. The Morgan fingerprint density at radius 3 is 2.71 bits per heavy atom. The molecule has 3 heterocycles. The summed E-state index contributed by atoms with van der Waals surface area (Å²) < 4.78 is 14.6. The van der Waals surface area contributed by atoms with Crippen LogP contribution < -0.4 is 0 Å². The smallest absolute Gasteiger partial charge is 0.141 e. The average molecular weight is 248 g/mol. The zero-order valence-corrected chi connectivity index (χ0v) is 9.39. The predicted octanol–water partition coefficient (Wildman–Crippen LogP) is 3.19. The quantitative estimate of drug-likeness (QED) is 0.661. The van der Waals surface area contributed by atoms with Crippen LogP contribution in [0.25, 0.3) is 17.0 Å². The molecule has 0 aliphatic rings. The molecule has 3 aromatic rings. The van der Waals surface area contributed by atoms with Gasteiger partial charge in [-0.05, 0) is 24.3 Å². The van der Waals surface area contributed by atoms with E-state index in [2.05, 4.69) is 9.97 Å². The Morgan fingerprint density at radius 2 is 1.94 bits per heavy atom. The van der Waals surface area contributed by atoms with Gasteiger partial charge in [0.2, 0.25) is 0 Å². The zero-order chi connectivity index (χ0) is 11.8. The summed E-state index contributed by atoms with van der Waals surface area (Å²) in [6, 6.07) is 6.54. The van der Waals surface area contributed by atoms with Crippen LogP contribution in [0.3, 0.4) is 0 Å². The largest absolute Gasteiger partial charge is 0.305 e. The van der Waals surface area contributed by atoms with Gasteiger partial charge in [-0.3, -0.25) is 4.98 Å². The molecular formula is C12H7ClFN3. The summed E-state index contributed by atoms with van der Waals surface area (Å²) in [5.41, 5.74) is 2.09. The summed E-state index contributed by atoms with van der Waals surface area (Å²) in [5.74, 6) is -0.361. The van der Waals surface area contributed by atoms with E-state index in [4.69, 9.17) is 11.6 Å². The van der Waals surface area contributed by atoms with Crippen molar-refractivity contribution in [3.63, 3.8) is 0 Å². The highest BCUT2D eigenvalue weighted by Gasteiger charge is 2.05. The Morgan fingerprint density at radius 1 is 1.06 bits per heavy atom. The van der Waals surface area contributed by atoms with Crippen LogP contribution in [0.15, 0.2) is 42.9 Å². The van der Waals surface area contributed by atoms with Gasteiger partial charge < -0.3 is 4.40 Å². The molecule has 0 aromatic carbocycles. The second-order valence-electron chi connectivity index (χ2n) is 3.60. The van der Waals surface area contributed by atoms with Gasteiger partial charge in [0.1, 0.15) is 17.2 Å². The van der Waals surface area contributed by atoms with Crippen LogP contribution in [0.4, 0.5) is 4.39 Å². The van der Waals surface area contributed by atoms with Crippen molar-refractivity contribution < 1.29 is 4.39 Å². The van der Waals surface area contributed by atoms with E-state index in [1.807, 2.05) is 10.5 Å². The number of halogens is 2. The van der Waals surface area contributed by atoms with E-state index in [0.29, 0.717) is 16.4 Å². The van der Waals surface area contributed by atoms with Crippen LogP contribution in [-0.4, -0.2) is 14.4 Å². The Balaban J connectivity index is 2.14. The minimum atomic E-state index is -0.361. The lowest BCUT2D eigenvalue weighted by molar-refractivity contribution is 0.622. The molecule has 3 nitrogen and oxygen atoms in total. The van der Waals surface area contributed by atoms with Crippen molar-refractivity contribution in [1.82, 2.24) is 14.4 Å². The maximum atomic E-state index is 12.8. The second kappa shape index (κ2) is 3.82. The van der Waals surface area contributed by atoms with E-state index in [1.54, 1.807) is 24.5 Å². The molecular weight excluding hydrogens is 241 g/mol. The summed E-state index contributed by atoms with van der Waals surface area (Å²) in [5, 5.41) is 0.633. The van der Waals surface area contributed by atoms with Crippen LogP contribution in [0.5, 0.6) is 0 Å². The van der Waals surface area contributed by atoms with Crippen molar-refractivity contribution in [2.45, 2.75) is 0 Å². The molecule has 0 N–H and O–H groups in total. The number of pyridine rings is 2. The number of hydrogen-bond donors (Lipinski definition) is 0. The van der Waals surface area contributed by atoms with Gasteiger partial charge in [0.15, 0.2) is 0 Å². The first-order chi connectivity index (χ1) is 8.22. The molecule has 3 rings (SSSR count). The van der Waals surface area contributed by atoms with Crippen molar-refractivity contribution in [1.29, 1.82) is 0 Å². The van der Waals surface area contributed by atoms with E-state index in [1.165, 1.54) is 12.3 Å². The molecule has 0 saturated heterocycles. The fourth-order valence-electron chi connectivity index (χ4n) is 1.62. The number of aromatic nitrogens is 3. The Bertz CT molecular complexity index is 676. The molecule has 17 heavy (non-hydrogen) atoms. The van der Waals surface area contributed by atoms with Crippen molar-refractivity contribution in [3.8, 4) is 11.4 Å². The Hall–Kier alpha value is -1.94. The topological polar surface area (TPSA) is 30.2 Å². The van der Waals surface area contributed by atoms with Crippen LogP contribution >= 0.6 is 11.6 Å². The van der Waals surface area contributed by atoms with E-state index < -0.39 is 0 Å². The first kappa shape index (κ1) is 10.2. The van der Waals surface area contributed by atoms with Crippen molar-refractivity contribution >= 4 is 17.2 Å². The normalized spacial score (nSPS) is 10.9. The van der Waals surface area contributed by atoms with Crippen LogP contribution in [-0.2, 0) is 0 Å². The number of imidazole rings is 1. The average Bonchev–Trinajstić information content (AvgIpc) is 2.72. The van der Waals surface area contributed by atoms with E-state index in [0.717, 1.165) is 5.65 Å². The number of nitrogens with zero attached hydrogens (tertiary/aromatic N) is 3. The van der Waals surface area contributed by atoms with Gasteiger partial charge in [-0.25, -0.2) is 9.37 Å². The van der Waals surface area contributed by atoms with Crippen LogP contribution in [0, 0.1) is 5.82 Å². The van der Waals surface area contributed by atoms with Gasteiger partial charge in [0, 0.05) is 12.4 Å². The Kier molecular flexibility index (Phi) is 2.30. The second-order valence-corrected chi connectivity index (χ2v) is 4.04. The molecule has 0 saturated carbocycles. The molecule has 0 amide bonds. The van der Waals surface area contributed by atoms with Crippen LogP contribution in [0.1, 0.15) is 0 Å². The molecule has 0 aliphatic carbocycles. The van der Waals surface area contributed by atoms with Gasteiger partial charge in [0.25, 0.3) is 0 Å². The summed E-state index contributed by atoms with van der Waals surface area (Å²) in [6.07, 6.45) is 4.74. The highest BCUT2D eigenvalue weighted by molar-refractivity contribution is 6.30. The highest BCUT2D eigenvalue weighted by atomic mass is 35.5. The SMILES string of the molecule is Fc1ccc(-c2cn3cc(Cl)ccc3n2)nc1. The summed E-state index contributed by atoms with van der Waals surface area (Å²) in [6.45, 7) is 0. The van der Waals surface area contributed by atoms with E-state index in [-0.39, 0.29) is 5.82 Å². The van der Waals surface area contributed by atoms with Crippen LogP contribution in [0.2, 0.25) is 5.02 Å². The number of fused-ring (bicyclic) bond motifs is 1. The zero-order valence-electron chi connectivity index (χ0n) is 8.64. The lowest BCUT2D eigenvalue weighted by Crippen LogP contribution is -1.83. The monoisotopic (exact) mass is 247 g/mol. The molecule has 5 heteroatoms. The number of hydrogen-bond acceptors (Lipinski definition) is 2. The van der Waals surface area contributed by atoms with Crippen molar-refractivity contribution in [3.05, 3.63) is 53.7 Å². The summed E-state index contributed by atoms with van der Waals surface area (Å²) in [7, 11) is 0. The van der Waals surface area contributed by atoms with Crippen molar-refractivity contribution in [2.75, 3.05) is 0 Å². The number of rotatable bonds is 1. The minimum absolute atomic E-state index is 0.361. The maximum absolute atomic E-state index is 12.8. The van der Waals surface area contributed by atoms with Gasteiger partial charge in [-0.2, -0.15) is 0 Å². The van der Waals surface area contributed by atoms with E-state index >= 15 is 0 Å². The first-order valence-corrected chi connectivity index (χ1v) is 5.36. The maximum Gasteiger partial charge on any atom is 0.141 e. The molecule has 0 fully saturated rings. The predicted molar refractivity (Wildman–Crippen MR) is 63.4 cm³/mol. The van der Waals surface area contributed by atoms with Gasteiger partial charge in [-0.1, -0.05) is 11.6 Å². The molecule has 0 aliphatic heterocycles. The third-order valence-corrected chi connectivity index (χ3v) is 2.63. The summed E-state index contributed by atoms with van der Waals surface area (Å²) >= 11 is 5.88. The third-order valence-electron chi connectivity index (χ3n) is 2.40. The molecule has 84 valence electrons. The molecule has 0 unspecified atom stereocenters. The highest BCUT2D eigenvalue weighted by Crippen LogP contribution is 2.18. The lowest BCUT2D eigenvalue weighted by atomic mass is 10.3. The lowest BCUT2D eigenvalue weighted by Gasteiger charge is -1.93. The minimum Gasteiger partial charge on any atom is -0.305 e. The van der Waals surface area contributed by atoms with Gasteiger partial charge in [0.05, 0.1) is 16.9 Å². The molecule has 0 radical (unpaired) electrons. The van der Waals surface area contributed by atoms with Crippen molar-refractivity contribution in [2.24, 2.45) is 0 Å². The fourth-order valence-corrected chi connectivity index (χ4v) is 1.78. The standard InChI is InChI=1S/C12H7ClFN3/c13-8-1-4-12-16-11(7-17(12)6-8)10-3-2-9(14)5-15-10/h1-7H. The first-order valence-electron chi connectivity index (χ1n) is 4.98. The third kappa shape index (κ3) is 1.87. The molecule has 0 atom stereocenters. The van der Waals surface area contributed by atoms with Gasteiger partial charge >= 0.3 is 0 Å². The fraction of sp³-hybridized carbons (Fsp3) is 0. The Labute approximate surface area is 102 Å². The molecule has 0 bridgehead atoms. The molecule has 3 aromatic heterocycles. The molecule has 0 spiro atoms.